The molecule has 0 aromatic carbocycles. The molecular formula is CoMo4. The maximum atomic E-state index is 0. The molecule has 0 spiro atoms. The molecule has 0 saturated heterocycles. The zero-order valence-electron chi connectivity index (χ0n) is 1.97. The van der Waals surface area contributed by atoms with E-state index in [1.54, 1.807) is 0 Å². The van der Waals surface area contributed by atoms with E-state index in [0.717, 1.165) is 0 Å². The third-order valence-corrected chi connectivity index (χ3v) is 0. The summed E-state index contributed by atoms with van der Waals surface area (Å²) in [6.45, 7) is 0. The van der Waals surface area contributed by atoms with Gasteiger partial charge in [-0.15, -0.1) is 0 Å². The van der Waals surface area contributed by atoms with E-state index in [-0.39, 0.29) is 101 Å². The van der Waals surface area contributed by atoms with Crippen molar-refractivity contribution >= 4 is 0 Å². The maximum Gasteiger partial charge on any atom is 0 e. The topological polar surface area (TPSA) is 0 Å². The third kappa shape index (κ3) is 18.9. The minimum atomic E-state index is 0. The Morgan fingerprint density at radius 1 is 0.400 bits per heavy atom. The zero-order chi connectivity index (χ0) is 0. The van der Waals surface area contributed by atoms with Crippen molar-refractivity contribution in [3.05, 3.63) is 0 Å². The van der Waals surface area contributed by atoms with E-state index in [9.17, 15) is 0 Å². The summed E-state index contributed by atoms with van der Waals surface area (Å²) in [5.41, 5.74) is 0. The molecule has 0 aliphatic rings. The smallest absolute Gasteiger partial charge is 0 e. The third-order valence-electron chi connectivity index (χ3n) is 0. The van der Waals surface area contributed by atoms with Crippen LogP contribution in [0, 0.1) is 0 Å². The first kappa shape index (κ1) is 41.0. The molecule has 0 aliphatic carbocycles. The summed E-state index contributed by atoms with van der Waals surface area (Å²) >= 11 is 0. The van der Waals surface area contributed by atoms with Crippen LogP contribution in [0.15, 0.2) is 0 Å². The van der Waals surface area contributed by atoms with Crippen molar-refractivity contribution in [2.24, 2.45) is 0 Å². The van der Waals surface area contributed by atoms with Gasteiger partial charge in [0.15, 0.2) is 0 Å². The van der Waals surface area contributed by atoms with Gasteiger partial charge in [0.2, 0.25) is 0 Å². The molecule has 33 valence electrons. The van der Waals surface area contributed by atoms with Crippen LogP contribution in [0.3, 0.4) is 0 Å². The molecule has 0 atom stereocenters. The van der Waals surface area contributed by atoms with Crippen LogP contribution in [0.25, 0.3) is 0 Å². The maximum absolute atomic E-state index is 0. The van der Waals surface area contributed by atoms with Gasteiger partial charge in [-0.1, -0.05) is 0 Å². The molecule has 0 amide bonds. The Morgan fingerprint density at radius 2 is 0.400 bits per heavy atom. The van der Waals surface area contributed by atoms with E-state index in [1.165, 1.54) is 0 Å². The van der Waals surface area contributed by atoms with Crippen molar-refractivity contribution in [2.45, 2.75) is 0 Å². The summed E-state index contributed by atoms with van der Waals surface area (Å²) in [4.78, 5) is 0. The van der Waals surface area contributed by atoms with Gasteiger partial charge in [-0.3, -0.25) is 0 Å². The molecule has 1 radical (unpaired) electrons. The average molecular weight is 443 g/mol. The fourth-order valence-electron chi connectivity index (χ4n) is 0. The molecular weight excluding hydrogens is 443 g/mol. The molecule has 0 aliphatic heterocycles. The molecule has 0 N–H and O–H groups in total. The summed E-state index contributed by atoms with van der Waals surface area (Å²) < 4.78 is 0. The largest absolute Gasteiger partial charge is 0 e. The van der Waals surface area contributed by atoms with Crippen LogP contribution >= 0.6 is 0 Å². The first-order valence-corrected chi connectivity index (χ1v) is 0. The van der Waals surface area contributed by atoms with Gasteiger partial charge >= 0.3 is 0 Å². The van der Waals surface area contributed by atoms with Crippen molar-refractivity contribution in [3.8, 4) is 0 Å². The van der Waals surface area contributed by atoms with E-state index in [1.807, 2.05) is 0 Å². The Labute approximate surface area is 99.2 Å². The Hall–Kier alpha value is 3.26. The van der Waals surface area contributed by atoms with Crippen LogP contribution in [-0.4, -0.2) is 0 Å². The zero-order valence-corrected chi connectivity index (χ0v) is 11.0. The predicted molar refractivity (Wildman–Crippen MR) is 0 cm³/mol. The van der Waals surface area contributed by atoms with Gasteiger partial charge in [-0.25, -0.2) is 0 Å². The Kier molecular flexibility index (Phi) is 219. The van der Waals surface area contributed by atoms with Crippen LogP contribution in [-0.2, 0) is 101 Å². The van der Waals surface area contributed by atoms with Crippen molar-refractivity contribution < 1.29 is 101 Å². The van der Waals surface area contributed by atoms with Gasteiger partial charge in [-0.05, 0) is 0 Å². The predicted octanol–water partition coefficient (Wildman–Crippen LogP) is -0.0125. The molecule has 0 heterocycles. The molecule has 0 aromatic heterocycles. The van der Waals surface area contributed by atoms with Crippen LogP contribution in [0.1, 0.15) is 0 Å². The van der Waals surface area contributed by atoms with Crippen molar-refractivity contribution in [1.29, 1.82) is 0 Å². The molecule has 5 heavy (non-hydrogen) atoms. The minimum Gasteiger partial charge on any atom is 0 e. The summed E-state index contributed by atoms with van der Waals surface area (Å²) in [6.07, 6.45) is 0. The second-order valence-electron chi connectivity index (χ2n) is 0. The number of hydrogen-bond acceptors (Lipinski definition) is 0. The summed E-state index contributed by atoms with van der Waals surface area (Å²) in [7, 11) is 0. The second kappa shape index (κ2) is 26.8. The number of hydrogen-bond donors (Lipinski definition) is 0. The molecule has 0 aromatic rings. The summed E-state index contributed by atoms with van der Waals surface area (Å²) in [6, 6.07) is 0. The van der Waals surface area contributed by atoms with Crippen molar-refractivity contribution in [1.82, 2.24) is 0 Å². The first-order valence-electron chi connectivity index (χ1n) is 0. The van der Waals surface area contributed by atoms with Crippen molar-refractivity contribution in [2.75, 3.05) is 0 Å². The first-order chi connectivity index (χ1) is 0. The van der Waals surface area contributed by atoms with Gasteiger partial charge < -0.3 is 0 Å². The molecule has 0 bridgehead atoms. The van der Waals surface area contributed by atoms with Crippen LogP contribution in [0.2, 0.25) is 0 Å². The summed E-state index contributed by atoms with van der Waals surface area (Å²) in [5, 5.41) is 0. The Balaban J connectivity index is 0. The van der Waals surface area contributed by atoms with E-state index in [4.69, 9.17) is 0 Å². The quantitative estimate of drug-likeness (QED) is 0.463. The average Bonchev–Trinajstić information content (AvgIpc) is 0. The molecule has 0 rings (SSSR count). The summed E-state index contributed by atoms with van der Waals surface area (Å²) in [5.74, 6) is 0. The van der Waals surface area contributed by atoms with E-state index in [0.29, 0.717) is 0 Å². The minimum absolute atomic E-state index is 0. The molecule has 0 nitrogen and oxygen atoms in total. The standard InChI is InChI=1S/Co.4Mo. The van der Waals surface area contributed by atoms with Crippen LogP contribution < -0.4 is 0 Å². The van der Waals surface area contributed by atoms with Gasteiger partial charge in [-0.2, -0.15) is 0 Å². The van der Waals surface area contributed by atoms with E-state index in [2.05, 4.69) is 0 Å². The van der Waals surface area contributed by atoms with Crippen molar-refractivity contribution in [3.63, 3.8) is 0 Å². The molecule has 5 heteroatoms. The molecule has 0 saturated carbocycles. The second-order valence-corrected chi connectivity index (χ2v) is 0. The Morgan fingerprint density at radius 3 is 0.400 bits per heavy atom. The fraction of sp³-hybridized carbons (Fsp3) is 0. The Bertz CT molecular complexity index is 3.61. The SMILES string of the molecule is [Co].[Mo].[Mo].[Mo].[Mo]. The van der Waals surface area contributed by atoms with Gasteiger partial charge in [0, 0.05) is 101 Å². The number of rotatable bonds is 0. The van der Waals surface area contributed by atoms with Gasteiger partial charge in [0.25, 0.3) is 0 Å². The fourth-order valence-corrected chi connectivity index (χ4v) is 0. The normalized spacial score (nSPS) is 0. The van der Waals surface area contributed by atoms with Gasteiger partial charge in [0.1, 0.15) is 0 Å². The monoisotopic (exact) mass is 451 g/mol. The molecule has 0 unspecified atom stereocenters. The van der Waals surface area contributed by atoms with Crippen LogP contribution in [0.5, 0.6) is 0 Å². The molecule has 0 fully saturated rings. The van der Waals surface area contributed by atoms with Crippen LogP contribution in [0.4, 0.5) is 0 Å². The van der Waals surface area contributed by atoms with Gasteiger partial charge in [0.05, 0.1) is 0 Å². The van der Waals surface area contributed by atoms with E-state index >= 15 is 0 Å². The van der Waals surface area contributed by atoms with E-state index < -0.39 is 0 Å².